The van der Waals surface area contributed by atoms with Crippen molar-refractivity contribution >= 4 is 11.9 Å². The molecule has 1 aromatic rings. The molecule has 9 heteroatoms. The van der Waals surface area contributed by atoms with E-state index in [-0.39, 0.29) is 30.4 Å². The van der Waals surface area contributed by atoms with Gasteiger partial charge < -0.3 is 24.2 Å². The van der Waals surface area contributed by atoms with Crippen molar-refractivity contribution in [2.45, 2.75) is 19.1 Å². The van der Waals surface area contributed by atoms with Gasteiger partial charge in [0.2, 0.25) is 11.8 Å². The first kappa shape index (κ1) is 16.0. The highest BCUT2D eigenvalue weighted by Crippen LogP contribution is 2.26. The molecule has 1 unspecified atom stereocenters. The predicted octanol–water partition coefficient (Wildman–Crippen LogP) is -0.192. The van der Waals surface area contributed by atoms with Crippen molar-refractivity contribution < 1.29 is 28.9 Å². The van der Waals surface area contributed by atoms with Gasteiger partial charge in [0.05, 0.1) is 26.9 Å². The standard InChI is InChI=1S/C13H17N3O6/c1-7-4-16(5-8(22-7)13(18)19)12(17)9-10(20-2)14-6-15-11(9)21-3/h6-8H,4-5H2,1-3H3,(H,18,19)/t7-,8?/m1/s1. The second-order valence-corrected chi connectivity index (χ2v) is 4.75. The third-order valence-corrected chi connectivity index (χ3v) is 3.20. The van der Waals surface area contributed by atoms with E-state index < -0.39 is 24.1 Å². The molecule has 2 heterocycles. The van der Waals surface area contributed by atoms with Crippen LogP contribution in [-0.4, -0.2) is 71.4 Å². The maximum atomic E-state index is 12.7. The Balaban J connectivity index is 2.33. The molecule has 1 aliphatic rings. The average Bonchev–Trinajstić information content (AvgIpc) is 2.52. The normalized spacial score (nSPS) is 21.3. The molecule has 1 amide bonds. The Morgan fingerprint density at radius 2 is 1.86 bits per heavy atom. The Hall–Kier alpha value is -2.42. The molecule has 1 aliphatic heterocycles. The zero-order chi connectivity index (χ0) is 16.3. The summed E-state index contributed by atoms with van der Waals surface area (Å²) in [6.07, 6.45) is -0.258. The number of methoxy groups -OCH3 is 2. The van der Waals surface area contributed by atoms with Crippen molar-refractivity contribution in [3.8, 4) is 11.8 Å². The summed E-state index contributed by atoms with van der Waals surface area (Å²) in [7, 11) is 2.75. The smallest absolute Gasteiger partial charge is 0.334 e. The molecule has 0 aromatic carbocycles. The Labute approximate surface area is 126 Å². The van der Waals surface area contributed by atoms with E-state index in [2.05, 4.69) is 9.97 Å². The SMILES string of the molecule is COc1ncnc(OC)c1C(=O)N1CC(C(=O)O)O[C@H](C)C1. The summed E-state index contributed by atoms with van der Waals surface area (Å²) in [5.74, 6) is -1.44. The maximum Gasteiger partial charge on any atom is 0.334 e. The van der Waals surface area contributed by atoms with Gasteiger partial charge >= 0.3 is 5.97 Å². The van der Waals surface area contributed by atoms with E-state index in [9.17, 15) is 9.59 Å². The van der Waals surface area contributed by atoms with Crippen LogP contribution < -0.4 is 9.47 Å². The number of ether oxygens (including phenoxy) is 3. The second-order valence-electron chi connectivity index (χ2n) is 4.75. The van der Waals surface area contributed by atoms with Crippen molar-refractivity contribution in [3.05, 3.63) is 11.9 Å². The number of rotatable bonds is 4. The van der Waals surface area contributed by atoms with Crippen LogP contribution in [0, 0.1) is 0 Å². The first-order valence-electron chi connectivity index (χ1n) is 6.58. The van der Waals surface area contributed by atoms with Crippen LogP contribution in [0.5, 0.6) is 11.8 Å². The molecule has 1 saturated heterocycles. The van der Waals surface area contributed by atoms with Crippen LogP contribution in [0.25, 0.3) is 0 Å². The van der Waals surface area contributed by atoms with Gasteiger partial charge in [-0.15, -0.1) is 0 Å². The number of carbonyl (C=O) groups excluding carboxylic acids is 1. The zero-order valence-corrected chi connectivity index (χ0v) is 12.5. The van der Waals surface area contributed by atoms with E-state index >= 15 is 0 Å². The van der Waals surface area contributed by atoms with E-state index in [4.69, 9.17) is 19.3 Å². The molecule has 120 valence electrons. The molecule has 0 aliphatic carbocycles. The van der Waals surface area contributed by atoms with Crippen LogP contribution in [0.3, 0.4) is 0 Å². The quantitative estimate of drug-likeness (QED) is 0.814. The minimum Gasteiger partial charge on any atom is -0.480 e. The van der Waals surface area contributed by atoms with Gasteiger partial charge in [0.1, 0.15) is 6.33 Å². The molecule has 1 N–H and O–H groups in total. The summed E-state index contributed by atoms with van der Waals surface area (Å²) in [4.78, 5) is 33.0. The molecule has 2 rings (SSSR count). The summed E-state index contributed by atoms with van der Waals surface area (Å²) in [6.45, 7) is 1.88. The lowest BCUT2D eigenvalue weighted by Gasteiger charge is -2.35. The summed E-state index contributed by atoms with van der Waals surface area (Å²) < 4.78 is 15.4. The van der Waals surface area contributed by atoms with Gasteiger partial charge in [0.25, 0.3) is 5.91 Å². The van der Waals surface area contributed by atoms with Crippen LogP contribution >= 0.6 is 0 Å². The summed E-state index contributed by atoms with van der Waals surface area (Å²) in [5, 5.41) is 9.09. The third-order valence-electron chi connectivity index (χ3n) is 3.20. The second kappa shape index (κ2) is 6.56. The largest absolute Gasteiger partial charge is 0.480 e. The Kier molecular flexibility index (Phi) is 4.76. The van der Waals surface area contributed by atoms with E-state index in [0.717, 1.165) is 0 Å². The van der Waals surface area contributed by atoms with Gasteiger partial charge in [-0.1, -0.05) is 0 Å². The van der Waals surface area contributed by atoms with Crippen LogP contribution in [0.4, 0.5) is 0 Å². The van der Waals surface area contributed by atoms with Crippen LogP contribution in [0.2, 0.25) is 0 Å². The van der Waals surface area contributed by atoms with Crippen molar-refractivity contribution in [2.75, 3.05) is 27.3 Å². The Morgan fingerprint density at radius 3 is 2.36 bits per heavy atom. The number of aromatic nitrogens is 2. The van der Waals surface area contributed by atoms with E-state index in [1.807, 2.05) is 0 Å². The number of nitrogens with zero attached hydrogens (tertiary/aromatic N) is 3. The Morgan fingerprint density at radius 1 is 1.27 bits per heavy atom. The van der Waals surface area contributed by atoms with E-state index in [0.29, 0.717) is 0 Å². The van der Waals surface area contributed by atoms with E-state index in [1.54, 1.807) is 6.92 Å². The number of carboxylic acid groups (broad SMARTS) is 1. The molecule has 0 spiro atoms. The van der Waals surface area contributed by atoms with Gasteiger partial charge in [-0.25, -0.2) is 14.8 Å². The average molecular weight is 311 g/mol. The van der Waals surface area contributed by atoms with Gasteiger partial charge in [0.15, 0.2) is 11.7 Å². The molecule has 1 aromatic heterocycles. The number of hydrogen-bond acceptors (Lipinski definition) is 7. The highest BCUT2D eigenvalue weighted by Gasteiger charge is 2.35. The lowest BCUT2D eigenvalue weighted by molar-refractivity contribution is -0.160. The lowest BCUT2D eigenvalue weighted by Crippen LogP contribution is -2.51. The first-order chi connectivity index (χ1) is 10.5. The number of amides is 1. The molecule has 9 nitrogen and oxygen atoms in total. The molecular formula is C13H17N3O6. The summed E-state index contributed by atoms with van der Waals surface area (Å²) >= 11 is 0. The number of hydrogen-bond donors (Lipinski definition) is 1. The lowest BCUT2D eigenvalue weighted by atomic mass is 10.1. The van der Waals surface area contributed by atoms with E-state index in [1.165, 1.54) is 25.4 Å². The fourth-order valence-corrected chi connectivity index (χ4v) is 2.26. The molecule has 2 atom stereocenters. The van der Waals surface area contributed by atoms with Gasteiger partial charge in [-0.2, -0.15) is 0 Å². The minimum absolute atomic E-state index is 0.0609. The highest BCUT2D eigenvalue weighted by atomic mass is 16.5. The van der Waals surface area contributed by atoms with Crippen LogP contribution in [0.15, 0.2) is 6.33 Å². The molecule has 0 radical (unpaired) electrons. The topological polar surface area (TPSA) is 111 Å². The molecular weight excluding hydrogens is 294 g/mol. The third kappa shape index (κ3) is 3.08. The molecule has 0 saturated carbocycles. The fraction of sp³-hybridized carbons (Fsp3) is 0.538. The van der Waals surface area contributed by atoms with Gasteiger partial charge in [0, 0.05) is 6.54 Å². The molecule has 0 bridgehead atoms. The zero-order valence-electron chi connectivity index (χ0n) is 12.5. The highest BCUT2D eigenvalue weighted by molar-refractivity contribution is 5.99. The fourth-order valence-electron chi connectivity index (χ4n) is 2.26. The summed E-state index contributed by atoms with van der Waals surface area (Å²) in [5.41, 5.74) is 0.0609. The van der Waals surface area contributed by atoms with Crippen molar-refractivity contribution in [2.24, 2.45) is 0 Å². The van der Waals surface area contributed by atoms with Gasteiger partial charge in [-0.05, 0) is 6.92 Å². The minimum atomic E-state index is -1.12. The molecule has 1 fully saturated rings. The van der Waals surface area contributed by atoms with Crippen molar-refractivity contribution in [3.63, 3.8) is 0 Å². The van der Waals surface area contributed by atoms with Crippen molar-refractivity contribution in [1.82, 2.24) is 14.9 Å². The summed E-state index contributed by atoms with van der Waals surface area (Å²) in [6, 6.07) is 0. The molecule has 22 heavy (non-hydrogen) atoms. The number of carboxylic acids is 1. The van der Waals surface area contributed by atoms with Crippen LogP contribution in [-0.2, 0) is 9.53 Å². The maximum absolute atomic E-state index is 12.7. The Bertz CT molecular complexity index is 557. The number of morpholine rings is 1. The monoisotopic (exact) mass is 311 g/mol. The first-order valence-corrected chi connectivity index (χ1v) is 6.58. The number of carbonyl (C=O) groups is 2. The number of aliphatic carboxylic acids is 1. The van der Waals surface area contributed by atoms with Gasteiger partial charge in [-0.3, -0.25) is 4.79 Å². The van der Waals surface area contributed by atoms with Crippen molar-refractivity contribution in [1.29, 1.82) is 0 Å². The van der Waals surface area contributed by atoms with Crippen LogP contribution in [0.1, 0.15) is 17.3 Å². The predicted molar refractivity (Wildman–Crippen MR) is 73.0 cm³/mol.